The van der Waals surface area contributed by atoms with Crippen molar-refractivity contribution in [1.82, 2.24) is 5.32 Å². The summed E-state index contributed by atoms with van der Waals surface area (Å²) >= 11 is 1.66. The molecule has 4 nitrogen and oxygen atoms in total. The van der Waals surface area contributed by atoms with Crippen molar-refractivity contribution < 1.29 is 14.3 Å². The fraction of sp³-hybridized carbons (Fsp3) is 0.381. The number of amides is 1. The smallest absolute Gasteiger partial charge is 0.230 e. The van der Waals surface area contributed by atoms with Crippen molar-refractivity contribution >= 4 is 17.7 Å². The van der Waals surface area contributed by atoms with E-state index in [1.807, 2.05) is 48.5 Å². The van der Waals surface area contributed by atoms with Gasteiger partial charge in [0.25, 0.3) is 0 Å². The van der Waals surface area contributed by atoms with Crippen LogP contribution in [0.15, 0.2) is 48.5 Å². The van der Waals surface area contributed by atoms with Gasteiger partial charge >= 0.3 is 0 Å². The highest BCUT2D eigenvalue weighted by molar-refractivity contribution is 8.00. The van der Waals surface area contributed by atoms with E-state index in [9.17, 15) is 4.79 Å². The van der Waals surface area contributed by atoms with Crippen LogP contribution in [-0.4, -0.2) is 24.4 Å². The SMILES string of the molecule is COc1ccc2c(c1)C(SCC(=O)NCc1ccccc1)CC(C)(C)O2. The van der Waals surface area contributed by atoms with Gasteiger partial charge < -0.3 is 14.8 Å². The molecule has 1 aliphatic rings. The Morgan fingerprint density at radius 3 is 2.77 bits per heavy atom. The summed E-state index contributed by atoms with van der Waals surface area (Å²) < 4.78 is 11.4. The summed E-state index contributed by atoms with van der Waals surface area (Å²) in [6, 6.07) is 15.8. The van der Waals surface area contributed by atoms with Crippen LogP contribution in [0.2, 0.25) is 0 Å². The molecule has 0 saturated heterocycles. The molecule has 1 aliphatic heterocycles. The van der Waals surface area contributed by atoms with E-state index in [0.717, 1.165) is 29.0 Å². The van der Waals surface area contributed by atoms with Crippen molar-refractivity contribution in [3.63, 3.8) is 0 Å². The number of ether oxygens (including phenoxy) is 2. The third-order valence-corrected chi connectivity index (χ3v) is 5.63. The molecule has 0 radical (unpaired) electrons. The van der Waals surface area contributed by atoms with Crippen molar-refractivity contribution in [2.45, 2.75) is 37.7 Å². The number of nitrogens with one attached hydrogen (secondary N) is 1. The number of rotatable bonds is 6. The molecule has 1 amide bonds. The van der Waals surface area contributed by atoms with Crippen molar-refractivity contribution in [2.75, 3.05) is 12.9 Å². The van der Waals surface area contributed by atoms with E-state index in [4.69, 9.17) is 9.47 Å². The van der Waals surface area contributed by atoms with E-state index < -0.39 is 0 Å². The first-order valence-electron chi connectivity index (χ1n) is 8.76. The van der Waals surface area contributed by atoms with E-state index in [2.05, 4.69) is 19.2 Å². The maximum atomic E-state index is 12.3. The minimum atomic E-state index is -0.250. The molecule has 1 unspecified atom stereocenters. The van der Waals surface area contributed by atoms with Crippen LogP contribution in [0.1, 0.15) is 36.6 Å². The molecule has 0 aromatic heterocycles. The van der Waals surface area contributed by atoms with E-state index in [0.29, 0.717) is 12.3 Å². The fourth-order valence-electron chi connectivity index (χ4n) is 3.07. The Labute approximate surface area is 159 Å². The highest BCUT2D eigenvalue weighted by Crippen LogP contribution is 2.47. The maximum absolute atomic E-state index is 12.3. The highest BCUT2D eigenvalue weighted by Gasteiger charge is 2.34. The van der Waals surface area contributed by atoms with E-state index in [1.165, 1.54) is 0 Å². The number of carbonyl (C=O) groups excluding carboxylic acids is 1. The van der Waals surface area contributed by atoms with Gasteiger partial charge in [0.15, 0.2) is 0 Å². The Kier molecular flexibility index (Phi) is 5.77. The van der Waals surface area contributed by atoms with Crippen LogP contribution in [0.4, 0.5) is 0 Å². The van der Waals surface area contributed by atoms with E-state index in [1.54, 1.807) is 18.9 Å². The summed E-state index contributed by atoms with van der Waals surface area (Å²) in [6.45, 7) is 4.73. The molecule has 2 aromatic rings. The van der Waals surface area contributed by atoms with E-state index in [-0.39, 0.29) is 16.8 Å². The summed E-state index contributed by atoms with van der Waals surface area (Å²) in [4.78, 5) is 12.3. The van der Waals surface area contributed by atoms with Gasteiger partial charge in [-0.05, 0) is 37.6 Å². The van der Waals surface area contributed by atoms with Gasteiger partial charge in [-0.15, -0.1) is 11.8 Å². The fourth-order valence-corrected chi connectivity index (χ4v) is 4.40. The molecular weight excluding hydrogens is 346 g/mol. The molecule has 1 heterocycles. The van der Waals surface area contributed by atoms with E-state index >= 15 is 0 Å². The van der Waals surface area contributed by atoms with Crippen LogP contribution in [-0.2, 0) is 11.3 Å². The average Bonchev–Trinajstić information content (AvgIpc) is 2.64. The van der Waals surface area contributed by atoms with Crippen molar-refractivity contribution in [3.05, 3.63) is 59.7 Å². The average molecular weight is 372 g/mol. The zero-order valence-corrected chi connectivity index (χ0v) is 16.3. The molecule has 26 heavy (non-hydrogen) atoms. The van der Waals surface area contributed by atoms with Crippen LogP contribution in [0, 0.1) is 0 Å². The number of hydrogen-bond acceptors (Lipinski definition) is 4. The molecule has 138 valence electrons. The number of thioether (sulfide) groups is 1. The van der Waals surface area contributed by atoms with Crippen molar-refractivity contribution in [1.29, 1.82) is 0 Å². The lowest BCUT2D eigenvalue weighted by molar-refractivity contribution is -0.118. The van der Waals surface area contributed by atoms with Gasteiger partial charge in [-0.2, -0.15) is 0 Å². The summed E-state index contributed by atoms with van der Waals surface area (Å²) in [5, 5.41) is 3.19. The van der Waals surface area contributed by atoms with Crippen molar-refractivity contribution in [3.8, 4) is 11.5 Å². The Balaban J connectivity index is 1.62. The largest absolute Gasteiger partial charge is 0.497 e. The third kappa shape index (κ3) is 4.73. The molecule has 2 aromatic carbocycles. The maximum Gasteiger partial charge on any atom is 0.230 e. The van der Waals surface area contributed by atoms with Crippen LogP contribution in [0.5, 0.6) is 11.5 Å². The van der Waals surface area contributed by atoms with Gasteiger partial charge in [-0.3, -0.25) is 4.79 Å². The van der Waals surface area contributed by atoms with Gasteiger partial charge in [0.1, 0.15) is 17.1 Å². The Morgan fingerprint density at radius 2 is 2.04 bits per heavy atom. The van der Waals surface area contributed by atoms with Crippen LogP contribution in [0.25, 0.3) is 0 Å². The number of carbonyl (C=O) groups is 1. The molecule has 0 fully saturated rings. The first-order valence-corrected chi connectivity index (χ1v) is 9.81. The van der Waals surface area contributed by atoms with Crippen LogP contribution in [0.3, 0.4) is 0 Å². The summed E-state index contributed by atoms with van der Waals surface area (Å²) in [7, 11) is 1.66. The second-order valence-corrected chi connectivity index (χ2v) is 8.22. The number of fused-ring (bicyclic) bond motifs is 1. The monoisotopic (exact) mass is 371 g/mol. The van der Waals surface area contributed by atoms with Crippen LogP contribution >= 0.6 is 11.8 Å². The topological polar surface area (TPSA) is 47.6 Å². The quantitative estimate of drug-likeness (QED) is 0.820. The minimum Gasteiger partial charge on any atom is -0.497 e. The molecule has 5 heteroatoms. The predicted molar refractivity (Wildman–Crippen MR) is 106 cm³/mol. The number of benzene rings is 2. The zero-order valence-electron chi connectivity index (χ0n) is 15.5. The third-order valence-electron chi connectivity index (χ3n) is 4.38. The van der Waals surface area contributed by atoms with Gasteiger partial charge in [-0.1, -0.05) is 30.3 Å². The van der Waals surface area contributed by atoms with Gasteiger partial charge in [0, 0.05) is 23.8 Å². The molecule has 0 spiro atoms. The highest BCUT2D eigenvalue weighted by atomic mass is 32.2. The summed E-state index contributed by atoms with van der Waals surface area (Å²) in [5.41, 5.74) is 1.96. The summed E-state index contributed by atoms with van der Waals surface area (Å²) in [6.07, 6.45) is 0.851. The summed E-state index contributed by atoms with van der Waals surface area (Å²) in [5.74, 6) is 2.16. The lowest BCUT2D eigenvalue weighted by Crippen LogP contribution is -2.34. The Hall–Kier alpha value is -2.14. The number of methoxy groups -OCH3 is 1. The zero-order chi connectivity index (χ0) is 18.6. The lowest BCUT2D eigenvalue weighted by Gasteiger charge is -2.37. The molecule has 3 rings (SSSR count). The molecule has 1 N–H and O–H groups in total. The first-order chi connectivity index (χ1) is 12.5. The number of hydrogen-bond donors (Lipinski definition) is 1. The molecular formula is C21H25NO3S. The Morgan fingerprint density at radius 1 is 1.27 bits per heavy atom. The van der Waals surface area contributed by atoms with Gasteiger partial charge in [-0.25, -0.2) is 0 Å². The Bertz CT molecular complexity index is 761. The molecule has 1 atom stereocenters. The van der Waals surface area contributed by atoms with Gasteiger partial charge in [0.05, 0.1) is 12.9 Å². The van der Waals surface area contributed by atoms with Crippen molar-refractivity contribution in [2.24, 2.45) is 0 Å². The standard InChI is InChI=1S/C21H25NO3S/c1-21(2)12-19(17-11-16(24-3)9-10-18(17)25-21)26-14-20(23)22-13-15-7-5-4-6-8-15/h4-11,19H,12-14H2,1-3H3,(H,22,23). The normalized spacial score (nSPS) is 17.7. The molecule has 0 saturated carbocycles. The molecule has 0 aliphatic carbocycles. The predicted octanol–water partition coefficient (Wildman–Crippen LogP) is 4.35. The van der Waals surface area contributed by atoms with Gasteiger partial charge in [0.2, 0.25) is 5.91 Å². The second-order valence-electron chi connectivity index (χ2n) is 7.03. The molecule has 0 bridgehead atoms. The van der Waals surface area contributed by atoms with Crippen LogP contribution < -0.4 is 14.8 Å². The minimum absolute atomic E-state index is 0.0487. The second kappa shape index (κ2) is 8.04. The lowest BCUT2D eigenvalue weighted by atomic mass is 9.93. The first kappa shape index (κ1) is 18.6.